The molecule has 0 aromatic rings. The van der Waals surface area contributed by atoms with Gasteiger partial charge >= 0.3 is 0 Å². The minimum Gasteiger partial charge on any atom is -0.317 e. The first-order valence-corrected chi connectivity index (χ1v) is 5.55. The number of rotatable bonds is 3. The summed E-state index contributed by atoms with van der Waals surface area (Å²) in [5.74, 6) is 0.997. The summed E-state index contributed by atoms with van der Waals surface area (Å²) in [6, 6.07) is 0. The maximum absolute atomic E-state index is 3.59. The molecule has 0 amide bonds. The molecule has 1 atom stereocenters. The molecule has 1 nitrogen and oxygen atoms in total. The lowest BCUT2D eigenvalue weighted by Crippen LogP contribution is -2.27. The van der Waals surface area contributed by atoms with E-state index in [2.05, 4.69) is 28.2 Å². The van der Waals surface area contributed by atoms with Crippen LogP contribution in [0.1, 0.15) is 32.6 Å². The fourth-order valence-corrected chi connectivity index (χ4v) is 1.90. The Bertz CT molecular complexity index is 97.7. The van der Waals surface area contributed by atoms with E-state index in [1.807, 2.05) is 0 Å². The zero-order chi connectivity index (χ0) is 8.10. The molecule has 0 aliphatic carbocycles. The highest BCUT2D eigenvalue weighted by atomic mass is 79.9. The SMILES string of the molecule is CC(Br)CCC1CCNCC1. The molecule has 1 unspecified atom stereocenters. The molecule has 0 aromatic carbocycles. The number of piperidine rings is 1. The van der Waals surface area contributed by atoms with E-state index in [0.717, 1.165) is 5.92 Å². The third-order valence-corrected chi connectivity index (χ3v) is 2.89. The van der Waals surface area contributed by atoms with Gasteiger partial charge in [0.15, 0.2) is 0 Å². The van der Waals surface area contributed by atoms with Gasteiger partial charge in [0.1, 0.15) is 0 Å². The van der Waals surface area contributed by atoms with Crippen LogP contribution < -0.4 is 5.32 Å². The Morgan fingerprint density at radius 1 is 1.45 bits per heavy atom. The standard InChI is InChI=1S/C9H18BrN/c1-8(10)2-3-9-4-6-11-7-5-9/h8-9,11H,2-7H2,1H3. The van der Waals surface area contributed by atoms with Crippen molar-refractivity contribution in [2.75, 3.05) is 13.1 Å². The van der Waals surface area contributed by atoms with E-state index < -0.39 is 0 Å². The van der Waals surface area contributed by atoms with Gasteiger partial charge in [-0.05, 0) is 44.7 Å². The Morgan fingerprint density at radius 2 is 2.09 bits per heavy atom. The first kappa shape index (κ1) is 9.53. The zero-order valence-electron chi connectivity index (χ0n) is 7.28. The van der Waals surface area contributed by atoms with Crippen molar-refractivity contribution in [1.82, 2.24) is 5.32 Å². The molecule has 0 bridgehead atoms. The van der Waals surface area contributed by atoms with Crippen LogP contribution in [-0.4, -0.2) is 17.9 Å². The Labute approximate surface area is 78.1 Å². The van der Waals surface area contributed by atoms with E-state index >= 15 is 0 Å². The normalized spacial score (nSPS) is 23.5. The largest absolute Gasteiger partial charge is 0.317 e. The number of hydrogen-bond acceptors (Lipinski definition) is 1. The van der Waals surface area contributed by atoms with Gasteiger partial charge < -0.3 is 5.32 Å². The summed E-state index contributed by atoms with van der Waals surface area (Å²) >= 11 is 3.59. The van der Waals surface area contributed by atoms with E-state index in [0.29, 0.717) is 4.83 Å². The van der Waals surface area contributed by atoms with Crippen molar-refractivity contribution in [3.63, 3.8) is 0 Å². The highest BCUT2D eigenvalue weighted by Gasteiger charge is 2.12. The van der Waals surface area contributed by atoms with Gasteiger partial charge in [-0.25, -0.2) is 0 Å². The summed E-state index contributed by atoms with van der Waals surface area (Å²) in [6.07, 6.45) is 5.53. The summed E-state index contributed by atoms with van der Waals surface area (Å²) < 4.78 is 0. The molecule has 1 aliphatic rings. The minimum absolute atomic E-state index is 0.706. The van der Waals surface area contributed by atoms with Gasteiger partial charge in [0.05, 0.1) is 0 Å². The minimum atomic E-state index is 0.706. The fourth-order valence-electron chi connectivity index (χ4n) is 1.64. The Balaban J connectivity index is 2.05. The van der Waals surface area contributed by atoms with Crippen LogP contribution in [-0.2, 0) is 0 Å². The summed E-state index contributed by atoms with van der Waals surface area (Å²) in [5, 5.41) is 3.39. The van der Waals surface area contributed by atoms with Gasteiger partial charge in [0.2, 0.25) is 0 Å². The lowest BCUT2D eigenvalue weighted by atomic mass is 9.93. The van der Waals surface area contributed by atoms with Crippen molar-refractivity contribution >= 4 is 15.9 Å². The van der Waals surface area contributed by atoms with E-state index in [4.69, 9.17) is 0 Å². The smallest absolute Gasteiger partial charge is 0.0117 e. The Kier molecular flexibility index (Phi) is 4.46. The van der Waals surface area contributed by atoms with Crippen LogP contribution in [0.15, 0.2) is 0 Å². The summed E-state index contributed by atoms with van der Waals surface area (Å²) in [6.45, 7) is 4.71. The van der Waals surface area contributed by atoms with Crippen molar-refractivity contribution in [1.29, 1.82) is 0 Å². The molecule has 1 rings (SSSR count). The Hall–Kier alpha value is 0.440. The van der Waals surface area contributed by atoms with E-state index in [1.165, 1.54) is 38.8 Å². The van der Waals surface area contributed by atoms with Crippen LogP contribution in [0.5, 0.6) is 0 Å². The van der Waals surface area contributed by atoms with E-state index in [1.54, 1.807) is 0 Å². The number of nitrogens with one attached hydrogen (secondary N) is 1. The van der Waals surface area contributed by atoms with Crippen molar-refractivity contribution in [2.45, 2.75) is 37.4 Å². The van der Waals surface area contributed by atoms with E-state index in [-0.39, 0.29) is 0 Å². The second-order valence-corrected chi connectivity index (χ2v) is 5.11. The maximum atomic E-state index is 3.59. The van der Waals surface area contributed by atoms with Crippen molar-refractivity contribution in [3.8, 4) is 0 Å². The maximum Gasteiger partial charge on any atom is 0.0117 e. The lowest BCUT2D eigenvalue weighted by molar-refractivity contribution is 0.347. The first-order valence-electron chi connectivity index (χ1n) is 4.64. The summed E-state index contributed by atoms with van der Waals surface area (Å²) in [7, 11) is 0. The molecule has 1 heterocycles. The van der Waals surface area contributed by atoms with Gasteiger partial charge in [-0.15, -0.1) is 0 Å². The second-order valence-electron chi connectivity index (χ2n) is 3.55. The molecule has 2 heteroatoms. The van der Waals surface area contributed by atoms with Crippen LogP contribution in [0.2, 0.25) is 0 Å². The van der Waals surface area contributed by atoms with Gasteiger partial charge in [0.25, 0.3) is 0 Å². The van der Waals surface area contributed by atoms with Crippen molar-refractivity contribution in [2.24, 2.45) is 5.92 Å². The highest BCUT2D eigenvalue weighted by molar-refractivity contribution is 9.09. The molecule has 1 aliphatic heterocycles. The average Bonchev–Trinajstić information content (AvgIpc) is 2.03. The molecule has 1 saturated heterocycles. The first-order chi connectivity index (χ1) is 5.29. The quantitative estimate of drug-likeness (QED) is 0.720. The predicted octanol–water partition coefficient (Wildman–Crippen LogP) is 2.55. The molecular weight excluding hydrogens is 202 g/mol. The number of alkyl halides is 1. The highest BCUT2D eigenvalue weighted by Crippen LogP contribution is 2.20. The van der Waals surface area contributed by atoms with Gasteiger partial charge in [-0.3, -0.25) is 0 Å². The van der Waals surface area contributed by atoms with Crippen molar-refractivity contribution in [3.05, 3.63) is 0 Å². The van der Waals surface area contributed by atoms with Crippen LogP contribution >= 0.6 is 15.9 Å². The molecule has 0 radical (unpaired) electrons. The molecule has 0 spiro atoms. The van der Waals surface area contributed by atoms with Gasteiger partial charge in [-0.1, -0.05) is 22.9 Å². The predicted molar refractivity (Wildman–Crippen MR) is 53.2 cm³/mol. The van der Waals surface area contributed by atoms with Crippen LogP contribution in [0.4, 0.5) is 0 Å². The molecule has 11 heavy (non-hydrogen) atoms. The summed E-state index contributed by atoms with van der Waals surface area (Å²) in [4.78, 5) is 0.706. The fraction of sp³-hybridized carbons (Fsp3) is 1.00. The third-order valence-electron chi connectivity index (χ3n) is 2.43. The topological polar surface area (TPSA) is 12.0 Å². The summed E-state index contributed by atoms with van der Waals surface area (Å²) in [5.41, 5.74) is 0. The number of hydrogen-bond donors (Lipinski definition) is 1. The third kappa shape index (κ3) is 4.12. The molecule has 66 valence electrons. The molecular formula is C9H18BrN. The average molecular weight is 220 g/mol. The lowest BCUT2D eigenvalue weighted by Gasteiger charge is -2.22. The second kappa shape index (κ2) is 5.15. The number of halogens is 1. The van der Waals surface area contributed by atoms with Gasteiger partial charge in [0, 0.05) is 4.83 Å². The monoisotopic (exact) mass is 219 g/mol. The van der Waals surface area contributed by atoms with Crippen LogP contribution in [0.25, 0.3) is 0 Å². The zero-order valence-corrected chi connectivity index (χ0v) is 8.86. The Morgan fingerprint density at radius 3 is 2.64 bits per heavy atom. The van der Waals surface area contributed by atoms with Crippen LogP contribution in [0, 0.1) is 5.92 Å². The molecule has 0 aromatic heterocycles. The molecule has 0 saturated carbocycles. The molecule has 1 fully saturated rings. The van der Waals surface area contributed by atoms with E-state index in [9.17, 15) is 0 Å². The van der Waals surface area contributed by atoms with Crippen molar-refractivity contribution < 1.29 is 0 Å². The van der Waals surface area contributed by atoms with Crippen LogP contribution in [0.3, 0.4) is 0 Å². The van der Waals surface area contributed by atoms with Gasteiger partial charge in [-0.2, -0.15) is 0 Å². The molecule has 1 N–H and O–H groups in total.